The Balaban J connectivity index is 3.59. The molecule has 0 saturated carbocycles. The fraction of sp³-hybridized carbons (Fsp3) is 0.573. The molecule has 0 aromatic heterocycles. The van der Waals surface area contributed by atoms with Gasteiger partial charge in [0.15, 0.2) is 6.10 Å². The van der Waals surface area contributed by atoms with E-state index in [1.54, 1.807) is 0 Å². The van der Waals surface area contributed by atoms with E-state index < -0.39 is 6.10 Å². The molecule has 0 radical (unpaired) electrons. The van der Waals surface area contributed by atoms with Crippen LogP contribution in [0.4, 0.5) is 0 Å². The van der Waals surface area contributed by atoms with Crippen molar-refractivity contribution in [2.24, 2.45) is 0 Å². The molecule has 0 aliphatic carbocycles. The quantitative estimate of drug-likeness (QED) is 0.0373. The Morgan fingerprint density at radius 1 is 0.287 bits per heavy atom. The smallest absolute Gasteiger partial charge is 0.306 e. The lowest BCUT2D eigenvalue weighted by Gasteiger charge is -2.15. The molecule has 0 aromatic carbocycles. The average Bonchev–Trinajstić information content (AvgIpc) is 3.46. The molecule has 0 rings (SSSR count). The third-order valence-electron chi connectivity index (χ3n) is 13.2. The molecule has 0 amide bonds. The van der Waals surface area contributed by atoms with Gasteiger partial charge in [0.1, 0.15) is 6.61 Å². The second kappa shape index (κ2) is 68.3. The summed E-state index contributed by atoms with van der Waals surface area (Å²) in [5.41, 5.74) is 0. The maximum absolute atomic E-state index is 12.3. The molecule has 0 bridgehead atoms. The first-order valence-electron chi connectivity index (χ1n) is 32.3. The minimum absolute atomic E-state index is 0.0811. The Morgan fingerprint density at radius 3 is 0.750 bits per heavy atom. The molecule has 1 unspecified atom stereocenters. The molecule has 0 aliphatic heterocycles. The highest BCUT2D eigenvalue weighted by Crippen LogP contribution is 2.15. The highest BCUT2D eigenvalue weighted by atomic mass is 16.6. The van der Waals surface area contributed by atoms with Crippen LogP contribution < -0.4 is 0 Å². The van der Waals surface area contributed by atoms with E-state index in [0.717, 1.165) is 135 Å². The van der Waals surface area contributed by atoms with Gasteiger partial charge in [-0.1, -0.05) is 292 Å². The minimum atomic E-state index is -0.792. The van der Waals surface area contributed by atoms with Gasteiger partial charge in [-0.3, -0.25) is 9.59 Å². The molecule has 5 nitrogen and oxygen atoms in total. The number of ether oxygens (including phenoxy) is 2. The van der Waals surface area contributed by atoms with E-state index >= 15 is 0 Å². The van der Waals surface area contributed by atoms with Gasteiger partial charge in [-0.15, -0.1) is 0 Å². The molecule has 1 N–H and O–H groups in total. The Morgan fingerprint density at radius 2 is 0.500 bits per heavy atom. The Kier molecular flexibility index (Phi) is 64.0. The van der Waals surface area contributed by atoms with Crippen molar-refractivity contribution in [2.45, 2.75) is 264 Å². The first-order chi connectivity index (χ1) is 39.6. The van der Waals surface area contributed by atoms with Gasteiger partial charge in [-0.25, -0.2) is 0 Å². The number of esters is 2. The normalized spacial score (nSPS) is 13.5. The largest absolute Gasteiger partial charge is 0.462 e. The first-order valence-corrected chi connectivity index (χ1v) is 32.3. The van der Waals surface area contributed by atoms with Crippen LogP contribution in [0.25, 0.3) is 0 Å². The van der Waals surface area contributed by atoms with Crippen molar-refractivity contribution in [3.05, 3.63) is 182 Å². The standard InChI is InChI=1S/C75H118O5/c1-3-5-7-9-11-13-15-17-19-21-23-25-27-29-30-31-32-33-34-35-36-37-38-39-40-41-42-43-44-46-48-50-52-54-56-58-60-62-64-66-68-70-75(78)80-73(71-76)72-79-74(77)69-67-65-63-61-59-57-55-53-51-49-47-45-28-26-24-22-20-18-16-14-12-10-8-6-4-2/h5-8,11-14,17-20,23-26,29-30,32-33,35-36,38-39,41-42,44-47,73,76H,3-4,9-10,15-16,21-22,27-28,31,34,37,40,43,48-72H2,1-2H3/b7-5-,8-6-,13-11-,14-12-,19-17-,20-18-,25-23-,26-24-,30-29-,33-32-,36-35-,39-38-,42-41-,46-44-,47-45-. The van der Waals surface area contributed by atoms with Crippen molar-refractivity contribution in [2.75, 3.05) is 13.2 Å². The van der Waals surface area contributed by atoms with Crippen LogP contribution in [0.3, 0.4) is 0 Å². The monoisotopic (exact) mass is 1100 g/mol. The van der Waals surface area contributed by atoms with E-state index in [1.165, 1.54) is 96.3 Å². The van der Waals surface area contributed by atoms with Crippen molar-refractivity contribution in [1.82, 2.24) is 0 Å². The van der Waals surface area contributed by atoms with E-state index in [-0.39, 0.29) is 25.2 Å². The van der Waals surface area contributed by atoms with Crippen molar-refractivity contribution in [3.8, 4) is 0 Å². The topological polar surface area (TPSA) is 72.8 Å². The van der Waals surface area contributed by atoms with E-state index in [2.05, 4.69) is 196 Å². The number of carbonyl (C=O) groups is 2. The number of aliphatic hydroxyl groups excluding tert-OH is 1. The van der Waals surface area contributed by atoms with Crippen molar-refractivity contribution < 1.29 is 24.2 Å². The lowest BCUT2D eigenvalue weighted by atomic mass is 10.0. The summed E-state index contributed by atoms with van der Waals surface area (Å²) in [4.78, 5) is 24.6. The summed E-state index contributed by atoms with van der Waals surface area (Å²) in [5.74, 6) is -0.611. The van der Waals surface area contributed by atoms with Crippen molar-refractivity contribution in [3.63, 3.8) is 0 Å². The van der Waals surface area contributed by atoms with E-state index in [0.29, 0.717) is 12.8 Å². The summed E-state index contributed by atoms with van der Waals surface area (Å²) in [5, 5.41) is 9.68. The predicted molar refractivity (Wildman–Crippen MR) is 352 cm³/mol. The molecule has 5 heteroatoms. The number of hydrogen-bond acceptors (Lipinski definition) is 5. The molecule has 448 valence electrons. The van der Waals surface area contributed by atoms with Gasteiger partial charge in [-0.05, 0) is 135 Å². The van der Waals surface area contributed by atoms with E-state index in [1.807, 2.05) is 0 Å². The molecule has 80 heavy (non-hydrogen) atoms. The highest BCUT2D eigenvalue weighted by molar-refractivity contribution is 5.70. The van der Waals surface area contributed by atoms with Crippen LogP contribution in [0, 0.1) is 0 Å². The fourth-order valence-electron chi connectivity index (χ4n) is 8.43. The molecule has 0 heterocycles. The van der Waals surface area contributed by atoms with Crippen LogP contribution in [0.1, 0.15) is 258 Å². The molecule has 0 aliphatic rings. The maximum atomic E-state index is 12.3. The van der Waals surface area contributed by atoms with Gasteiger partial charge in [-0.2, -0.15) is 0 Å². The average molecular weight is 1100 g/mol. The minimum Gasteiger partial charge on any atom is -0.462 e. The third-order valence-corrected chi connectivity index (χ3v) is 13.2. The lowest BCUT2D eigenvalue weighted by Crippen LogP contribution is -2.28. The summed E-state index contributed by atoms with van der Waals surface area (Å²) in [6, 6.07) is 0. The van der Waals surface area contributed by atoms with E-state index in [9.17, 15) is 14.7 Å². The number of aliphatic hydroxyl groups is 1. The number of carbonyl (C=O) groups excluding carboxylic acids is 2. The third kappa shape index (κ3) is 65.5. The molecule has 0 saturated heterocycles. The zero-order valence-corrected chi connectivity index (χ0v) is 51.3. The highest BCUT2D eigenvalue weighted by Gasteiger charge is 2.16. The Bertz CT molecular complexity index is 1820. The Labute approximate surface area is 493 Å². The Hall–Kier alpha value is -5.00. The van der Waals surface area contributed by atoms with Crippen LogP contribution in [0.15, 0.2) is 182 Å². The predicted octanol–water partition coefficient (Wildman–Crippen LogP) is 22.6. The number of allylic oxidation sites excluding steroid dienone is 30. The van der Waals surface area contributed by atoms with E-state index in [4.69, 9.17) is 9.47 Å². The van der Waals surface area contributed by atoms with Gasteiger partial charge < -0.3 is 14.6 Å². The van der Waals surface area contributed by atoms with Crippen LogP contribution in [-0.4, -0.2) is 36.4 Å². The van der Waals surface area contributed by atoms with Gasteiger partial charge in [0, 0.05) is 12.8 Å². The lowest BCUT2D eigenvalue weighted by molar-refractivity contribution is -0.161. The second-order valence-corrected chi connectivity index (χ2v) is 20.7. The number of unbranched alkanes of at least 4 members (excludes halogenated alkanes) is 19. The second-order valence-electron chi connectivity index (χ2n) is 20.7. The van der Waals surface area contributed by atoms with Crippen LogP contribution >= 0.6 is 0 Å². The van der Waals surface area contributed by atoms with Gasteiger partial charge in [0.2, 0.25) is 0 Å². The SMILES string of the molecule is CC/C=C\C/C=C\C/C=C\C/C=C\C/C=C\C/C=C\C/C=C\C/C=C\C/C=C\C/C=C\CCCCCCCCCCCCC(=O)OC(CO)COC(=O)CCCCCCCCCCC/C=C\C/C=C\C/C=C\C/C=C\C/C=C\CC. The van der Waals surface area contributed by atoms with Crippen molar-refractivity contribution in [1.29, 1.82) is 0 Å². The van der Waals surface area contributed by atoms with Crippen LogP contribution in [-0.2, 0) is 19.1 Å². The fourth-order valence-corrected chi connectivity index (χ4v) is 8.43. The van der Waals surface area contributed by atoms with Crippen LogP contribution in [0.5, 0.6) is 0 Å². The van der Waals surface area contributed by atoms with Gasteiger partial charge in [0.25, 0.3) is 0 Å². The first kappa shape index (κ1) is 75.0. The number of hydrogen-bond donors (Lipinski definition) is 1. The zero-order chi connectivity index (χ0) is 57.6. The summed E-state index contributed by atoms with van der Waals surface area (Å²) in [6.07, 6.45) is 107. The van der Waals surface area contributed by atoms with Crippen molar-refractivity contribution >= 4 is 11.9 Å². The van der Waals surface area contributed by atoms with Gasteiger partial charge >= 0.3 is 11.9 Å². The summed E-state index contributed by atoms with van der Waals surface area (Å²) >= 11 is 0. The summed E-state index contributed by atoms with van der Waals surface area (Å²) < 4.78 is 10.7. The number of rotatable bonds is 57. The molecule has 0 spiro atoms. The molecular weight excluding hydrogens is 981 g/mol. The molecular formula is C75H118O5. The van der Waals surface area contributed by atoms with Crippen LogP contribution in [0.2, 0.25) is 0 Å². The van der Waals surface area contributed by atoms with Gasteiger partial charge in [0.05, 0.1) is 6.61 Å². The molecule has 1 atom stereocenters. The molecule has 0 fully saturated rings. The summed E-state index contributed by atoms with van der Waals surface area (Å²) in [6.45, 7) is 3.90. The maximum Gasteiger partial charge on any atom is 0.306 e. The molecule has 0 aromatic rings. The summed E-state index contributed by atoms with van der Waals surface area (Å²) in [7, 11) is 0. The zero-order valence-electron chi connectivity index (χ0n) is 51.3.